The second kappa shape index (κ2) is 9.55. The van der Waals surface area contributed by atoms with Crippen LogP contribution < -0.4 is 15.0 Å². The van der Waals surface area contributed by atoms with Gasteiger partial charge in [0, 0.05) is 19.9 Å². The standard InChI is InChI=1S/C26H25N5O4/c1-33-16-19-23(18-7-5-4-6-8-18)25-28-27-24-20(31(25)29-19)12-14-30(26(24)32)13-11-17-9-10-21(34-2)22(15-17)35-3/h4-10,12,14-15H,11,13,16H2,1-3H3. The molecule has 0 fully saturated rings. The average molecular weight is 472 g/mol. The van der Waals surface area contributed by atoms with Crippen molar-refractivity contribution in [1.29, 1.82) is 0 Å². The Kier molecular flexibility index (Phi) is 6.15. The molecule has 5 rings (SSSR count). The summed E-state index contributed by atoms with van der Waals surface area (Å²) in [5, 5.41) is 13.4. The van der Waals surface area contributed by atoms with Gasteiger partial charge in [-0.3, -0.25) is 4.79 Å². The number of nitrogens with zero attached hydrogens (tertiary/aromatic N) is 5. The van der Waals surface area contributed by atoms with E-state index in [1.54, 1.807) is 36.6 Å². The second-order valence-electron chi connectivity index (χ2n) is 8.04. The maximum absolute atomic E-state index is 13.3. The lowest BCUT2D eigenvalue weighted by Crippen LogP contribution is -2.22. The summed E-state index contributed by atoms with van der Waals surface area (Å²) in [7, 11) is 4.83. The van der Waals surface area contributed by atoms with Gasteiger partial charge < -0.3 is 18.8 Å². The Morgan fingerprint density at radius 3 is 2.46 bits per heavy atom. The summed E-state index contributed by atoms with van der Waals surface area (Å²) >= 11 is 0. The first-order valence-corrected chi connectivity index (χ1v) is 11.2. The zero-order valence-corrected chi connectivity index (χ0v) is 19.8. The Bertz CT molecular complexity index is 1560. The average Bonchev–Trinajstić information content (AvgIpc) is 3.27. The van der Waals surface area contributed by atoms with E-state index in [1.807, 2.05) is 54.6 Å². The minimum absolute atomic E-state index is 0.220. The zero-order valence-electron chi connectivity index (χ0n) is 19.8. The lowest BCUT2D eigenvalue weighted by Gasteiger charge is -2.11. The Morgan fingerprint density at radius 1 is 0.914 bits per heavy atom. The third-order valence-electron chi connectivity index (χ3n) is 5.96. The molecule has 2 aromatic carbocycles. The van der Waals surface area contributed by atoms with E-state index in [4.69, 9.17) is 19.3 Å². The minimum atomic E-state index is -0.220. The first kappa shape index (κ1) is 22.5. The molecular formula is C26H25N5O4. The predicted octanol–water partition coefficient (Wildman–Crippen LogP) is 3.51. The molecule has 0 atom stereocenters. The fraction of sp³-hybridized carbons (Fsp3) is 0.231. The van der Waals surface area contributed by atoms with Crippen LogP contribution in [0.3, 0.4) is 0 Å². The van der Waals surface area contributed by atoms with Gasteiger partial charge in [-0.25, -0.2) is 4.52 Å². The third kappa shape index (κ3) is 4.10. The molecule has 0 amide bonds. The maximum Gasteiger partial charge on any atom is 0.280 e. The van der Waals surface area contributed by atoms with Crippen LogP contribution in [0.25, 0.3) is 27.8 Å². The van der Waals surface area contributed by atoms with Gasteiger partial charge in [-0.1, -0.05) is 36.4 Å². The predicted molar refractivity (Wildman–Crippen MR) is 132 cm³/mol. The number of benzene rings is 2. The number of fused-ring (bicyclic) bond motifs is 3. The lowest BCUT2D eigenvalue weighted by atomic mass is 10.1. The van der Waals surface area contributed by atoms with Crippen molar-refractivity contribution >= 4 is 16.7 Å². The number of ether oxygens (including phenoxy) is 3. The Labute approximate surface area is 201 Å². The highest BCUT2D eigenvalue weighted by atomic mass is 16.5. The third-order valence-corrected chi connectivity index (χ3v) is 5.96. The number of pyridine rings is 1. The van der Waals surface area contributed by atoms with Crippen LogP contribution in [0.4, 0.5) is 0 Å². The normalized spacial score (nSPS) is 11.3. The molecular weight excluding hydrogens is 446 g/mol. The van der Waals surface area contributed by atoms with Crippen LogP contribution in [0.5, 0.6) is 11.5 Å². The van der Waals surface area contributed by atoms with Gasteiger partial charge in [0.1, 0.15) is 5.52 Å². The number of hydrogen-bond donors (Lipinski definition) is 0. The zero-order chi connectivity index (χ0) is 24.4. The number of hydrogen-bond acceptors (Lipinski definition) is 7. The Balaban J connectivity index is 1.53. The van der Waals surface area contributed by atoms with E-state index in [0.717, 1.165) is 22.4 Å². The van der Waals surface area contributed by atoms with Crippen LogP contribution >= 0.6 is 0 Å². The molecule has 0 N–H and O–H groups in total. The summed E-state index contributed by atoms with van der Waals surface area (Å²) in [6.07, 6.45) is 2.41. The van der Waals surface area contributed by atoms with Gasteiger partial charge in [0.05, 0.1) is 32.1 Å². The molecule has 0 unspecified atom stereocenters. The Morgan fingerprint density at radius 2 is 1.71 bits per heavy atom. The van der Waals surface area contributed by atoms with Crippen LogP contribution in [0.2, 0.25) is 0 Å². The first-order valence-electron chi connectivity index (χ1n) is 11.2. The molecule has 178 valence electrons. The van der Waals surface area contributed by atoms with Gasteiger partial charge >= 0.3 is 0 Å². The van der Waals surface area contributed by atoms with Crippen molar-refractivity contribution in [3.05, 3.63) is 82.4 Å². The summed E-state index contributed by atoms with van der Waals surface area (Å²) in [5.41, 5.74) is 4.80. The second-order valence-corrected chi connectivity index (χ2v) is 8.04. The van der Waals surface area contributed by atoms with Crippen LogP contribution in [0.1, 0.15) is 11.3 Å². The number of aromatic nitrogens is 5. The van der Waals surface area contributed by atoms with Gasteiger partial charge in [0.2, 0.25) is 0 Å². The van der Waals surface area contributed by atoms with Crippen LogP contribution in [0, 0.1) is 0 Å². The fourth-order valence-corrected chi connectivity index (χ4v) is 4.23. The molecule has 3 aromatic heterocycles. The molecule has 0 bridgehead atoms. The van der Waals surface area contributed by atoms with Crippen molar-refractivity contribution in [2.24, 2.45) is 0 Å². The van der Waals surface area contributed by atoms with Crippen molar-refractivity contribution in [2.75, 3.05) is 21.3 Å². The van der Waals surface area contributed by atoms with E-state index in [0.29, 0.717) is 42.2 Å². The van der Waals surface area contributed by atoms with E-state index in [2.05, 4.69) is 10.2 Å². The molecule has 0 aliphatic rings. The molecule has 5 aromatic rings. The van der Waals surface area contributed by atoms with E-state index in [1.165, 1.54) is 0 Å². The van der Waals surface area contributed by atoms with E-state index in [9.17, 15) is 4.79 Å². The first-order chi connectivity index (χ1) is 17.1. The molecule has 0 radical (unpaired) electrons. The van der Waals surface area contributed by atoms with Crippen molar-refractivity contribution in [3.8, 4) is 22.6 Å². The summed E-state index contributed by atoms with van der Waals surface area (Å²) in [6, 6.07) is 17.5. The van der Waals surface area contributed by atoms with Gasteiger partial charge in [-0.05, 0) is 35.7 Å². The fourth-order valence-electron chi connectivity index (χ4n) is 4.23. The summed E-state index contributed by atoms with van der Waals surface area (Å²) in [4.78, 5) is 13.3. The molecule has 35 heavy (non-hydrogen) atoms. The van der Waals surface area contributed by atoms with Crippen LogP contribution in [-0.2, 0) is 24.3 Å². The summed E-state index contributed by atoms with van der Waals surface area (Å²) in [6.45, 7) is 0.796. The summed E-state index contributed by atoms with van der Waals surface area (Å²) < 4.78 is 19.4. The molecule has 3 heterocycles. The number of aryl methyl sites for hydroxylation is 2. The highest BCUT2D eigenvalue weighted by Gasteiger charge is 2.19. The smallest absolute Gasteiger partial charge is 0.280 e. The van der Waals surface area contributed by atoms with Crippen molar-refractivity contribution in [2.45, 2.75) is 19.6 Å². The number of methoxy groups -OCH3 is 3. The summed E-state index contributed by atoms with van der Waals surface area (Å²) in [5.74, 6) is 1.32. The molecule has 0 spiro atoms. The van der Waals surface area contributed by atoms with Gasteiger partial charge in [-0.2, -0.15) is 5.10 Å². The highest BCUT2D eigenvalue weighted by Crippen LogP contribution is 2.29. The van der Waals surface area contributed by atoms with Gasteiger partial charge in [0.25, 0.3) is 5.56 Å². The monoisotopic (exact) mass is 471 g/mol. The van der Waals surface area contributed by atoms with Gasteiger partial charge in [-0.15, -0.1) is 10.2 Å². The van der Waals surface area contributed by atoms with Crippen LogP contribution in [0.15, 0.2) is 65.6 Å². The van der Waals surface area contributed by atoms with Crippen LogP contribution in [-0.4, -0.2) is 45.7 Å². The lowest BCUT2D eigenvalue weighted by molar-refractivity contribution is 0.181. The minimum Gasteiger partial charge on any atom is -0.493 e. The highest BCUT2D eigenvalue weighted by molar-refractivity contribution is 5.84. The maximum atomic E-state index is 13.3. The molecule has 0 aliphatic heterocycles. The van der Waals surface area contributed by atoms with E-state index < -0.39 is 0 Å². The molecule has 9 nitrogen and oxygen atoms in total. The quantitative estimate of drug-likeness (QED) is 0.342. The van der Waals surface area contributed by atoms with Crippen molar-refractivity contribution in [1.82, 2.24) is 24.4 Å². The number of rotatable bonds is 8. The van der Waals surface area contributed by atoms with Crippen molar-refractivity contribution < 1.29 is 14.2 Å². The Hall–Kier alpha value is -4.24. The SMILES string of the molecule is COCc1nn2c(nnc3c(=O)n(CCc4ccc(OC)c(OC)c4)ccc32)c1-c1ccccc1. The van der Waals surface area contributed by atoms with E-state index in [-0.39, 0.29) is 11.1 Å². The van der Waals surface area contributed by atoms with Crippen molar-refractivity contribution in [3.63, 3.8) is 0 Å². The molecule has 0 saturated heterocycles. The largest absolute Gasteiger partial charge is 0.493 e. The molecule has 0 aliphatic carbocycles. The molecule has 9 heteroatoms. The van der Waals surface area contributed by atoms with E-state index >= 15 is 0 Å². The topological polar surface area (TPSA) is 92.8 Å². The molecule has 0 saturated carbocycles. The van der Waals surface area contributed by atoms with Gasteiger partial charge in [0.15, 0.2) is 22.7 Å².